The monoisotopic (exact) mass is 221 g/mol. The van der Waals surface area contributed by atoms with Crippen molar-refractivity contribution in [1.82, 2.24) is 5.32 Å². The molecule has 16 heavy (non-hydrogen) atoms. The zero-order chi connectivity index (χ0) is 11.6. The van der Waals surface area contributed by atoms with E-state index in [1.807, 2.05) is 19.1 Å². The summed E-state index contributed by atoms with van der Waals surface area (Å²) in [5.74, 6) is 0.257. The van der Waals surface area contributed by atoms with Crippen LogP contribution in [0.2, 0.25) is 0 Å². The van der Waals surface area contributed by atoms with Crippen LogP contribution in [0.25, 0.3) is 0 Å². The second kappa shape index (κ2) is 4.44. The second-order valence-corrected chi connectivity index (χ2v) is 4.85. The Hall–Kier alpha value is -1.06. The van der Waals surface area contributed by atoms with Crippen LogP contribution in [0.3, 0.4) is 0 Å². The highest BCUT2D eigenvalue weighted by molar-refractivity contribution is 5.28. The highest BCUT2D eigenvalue weighted by Gasteiger charge is 2.33. The van der Waals surface area contributed by atoms with E-state index in [4.69, 9.17) is 0 Å². The van der Waals surface area contributed by atoms with Crippen LogP contribution in [0.1, 0.15) is 25.3 Å². The van der Waals surface area contributed by atoms with Crippen LogP contribution in [0.15, 0.2) is 24.3 Å². The molecule has 2 rings (SSSR count). The first kappa shape index (κ1) is 11.4. The fourth-order valence-corrected chi connectivity index (χ4v) is 2.42. The van der Waals surface area contributed by atoms with Crippen LogP contribution < -0.4 is 5.32 Å². The lowest BCUT2D eigenvalue weighted by Gasteiger charge is -2.30. The SMILES string of the molecule is CC(O)(Cc1cccc(O)c1)C1CCCN1. The number of rotatable bonds is 3. The summed E-state index contributed by atoms with van der Waals surface area (Å²) in [4.78, 5) is 0. The van der Waals surface area contributed by atoms with Gasteiger partial charge < -0.3 is 15.5 Å². The Morgan fingerprint density at radius 1 is 1.50 bits per heavy atom. The van der Waals surface area contributed by atoms with E-state index in [9.17, 15) is 10.2 Å². The standard InChI is InChI=1S/C13H19NO2/c1-13(16,12-6-3-7-14-12)9-10-4-2-5-11(15)8-10/h2,4-5,8,12,14-16H,3,6-7,9H2,1H3. The van der Waals surface area contributed by atoms with Crippen LogP contribution in [-0.4, -0.2) is 28.4 Å². The van der Waals surface area contributed by atoms with E-state index < -0.39 is 5.60 Å². The van der Waals surface area contributed by atoms with Gasteiger partial charge in [-0.05, 0) is 44.0 Å². The lowest BCUT2D eigenvalue weighted by molar-refractivity contribution is 0.0262. The van der Waals surface area contributed by atoms with Crippen LogP contribution in [0.5, 0.6) is 5.75 Å². The predicted molar refractivity (Wildman–Crippen MR) is 63.5 cm³/mol. The van der Waals surface area contributed by atoms with Crippen LogP contribution in [0, 0.1) is 0 Å². The quantitative estimate of drug-likeness (QED) is 0.724. The zero-order valence-electron chi connectivity index (χ0n) is 9.61. The number of aliphatic hydroxyl groups is 1. The molecule has 0 spiro atoms. The van der Waals surface area contributed by atoms with Gasteiger partial charge in [-0.1, -0.05) is 12.1 Å². The van der Waals surface area contributed by atoms with Gasteiger partial charge in [0.25, 0.3) is 0 Å². The molecular weight excluding hydrogens is 202 g/mol. The molecule has 1 aliphatic heterocycles. The second-order valence-electron chi connectivity index (χ2n) is 4.85. The first-order valence-corrected chi connectivity index (χ1v) is 5.81. The molecule has 2 unspecified atom stereocenters. The summed E-state index contributed by atoms with van der Waals surface area (Å²) in [6.45, 7) is 2.85. The Balaban J connectivity index is 2.07. The van der Waals surface area contributed by atoms with Gasteiger partial charge in [0.15, 0.2) is 0 Å². The van der Waals surface area contributed by atoms with Gasteiger partial charge in [0.05, 0.1) is 5.60 Å². The van der Waals surface area contributed by atoms with Crippen molar-refractivity contribution in [2.45, 2.75) is 37.8 Å². The van der Waals surface area contributed by atoms with Gasteiger partial charge in [0.2, 0.25) is 0 Å². The maximum Gasteiger partial charge on any atom is 0.115 e. The Morgan fingerprint density at radius 3 is 2.94 bits per heavy atom. The van der Waals surface area contributed by atoms with Crippen molar-refractivity contribution in [3.05, 3.63) is 29.8 Å². The largest absolute Gasteiger partial charge is 0.508 e. The number of phenolic OH excluding ortho intramolecular Hbond substituents is 1. The van der Waals surface area contributed by atoms with Crippen molar-refractivity contribution in [3.63, 3.8) is 0 Å². The molecule has 1 aromatic carbocycles. The number of nitrogens with one attached hydrogen (secondary N) is 1. The van der Waals surface area contributed by atoms with Gasteiger partial charge in [0, 0.05) is 12.5 Å². The third-order valence-electron chi connectivity index (χ3n) is 3.28. The van der Waals surface area contributed by atoms with Gasteiger partial charge in [0.1, 0.15) is 5.75 Å². The average Bonchev–Trinajstić information content (AvgIpc) is 2.69. The smallest absolute Gasteiger partial charge is 0.115 e. The van der Waals surface area contributed by atoms with E-state index in [1.165, 1.54) is 0 Å². The van der Waals surface area contributed by atoms with Gasteiger partial charge in [-0.2, -0.15) is 0 Å². The number of hydrogen-bond acceptors (Lipinski definition) is 3. The molecule has 1 fully saturated rings. The molecule has 0 radical (unpaired) electrons. The summed E-state index contributed by atoms with van der Waals surface area (Å²) >= 11 is 0. The molecule has 1 aliphatic rings. The molecule has 3 nitrogen and oxygen atoms in total. The molecular formula is C13H19NO2. The Morgan fingerprint density at radius 2 is 2.31 bits per heavy atom. The third-order valence-corrected chi connectivity index (χ3v) is 3.28. The number of hydrogen-bond donors (Lipinski definition) is 3. The molecule has 88 valence electrons. The highest BCUT2D eigenvalue weighted by Crippen LogP contribution is 2.24. The molecule has 0 aliphatic carbocycles. The first-order valence-electron chi connectivity index (χ1n) is 5.81. The molecule has 1 saturated heterocycles. The summed E-state index contributed by atoms with van der Waals surface area (Å²) in [6, 6.07) is 7.26. The van der Waals surface area contributed by atoms with Gasteiger partial charge in [-0.25, -0.2) is 0 Å². The lowest BCUT2D eigenvalue weighted by atomic mass is 9.88. The summed E-state index contributed by atoms with van der Waals surface area (Å²) in [7, 11) is 0. The van der Waals surface area contributed by atoms with E-state index in [2.05, 4.69) is 5.32 Å². The van der Waals surface area contributed by atoms with E-state index in [0.29, 0.717) is 6.42 Å². The summed E-state index contributed by atoms with van der Waals surface area (Å²) < 4.78 is 0. The molecule has 0 bridgehead atoms. The van der Waals surface area contributed by atoms with Crippen LogP contribution in [-0.2, 0) is 6.42 Å². The zero-order valence-corrected chi connectivity index (χ0v) is 9.61. The third kappa shape index (κ3) is 2.54. The number of benzene rings is 1. The fourth-order valence-electron chi connectivity index (χ4n) is 2.42. The minimum atomic E-state index is -0.746. The van der Waals surface area contributed by atoms with Gasteiger partial charge in [-0.3, -0.25) is 0 Å². The van der Waals surface area contributed by atoms with Crippen LogP contribution in [0.4, 0.5) is 0 Å². The van der Waals surface area contributed by atoms with Crippen molar-refractivity contribution in [2.24, 2.45) is 0 Å². The summed E-state index contributed by atoms with van der Waals surface area (Å²) in [6.07, 6.45) is 2.71. The molecule has 1 heterocycles. The molecule has 0 aromatic heterocycles. The molecule has 1 aromatic rings. The molecule has 2 atom stereocenters. The van der Waals surface area contributed by atoms with Crippen molar-refractivity contribution in [1.29, 1.82) is 0 Å². The van der Waals surface area contributed by atoms with Crippen molar-refractivity contribution in [2.75, 3.05) is 6.54 Å². The summed E-state index contributed by atoms with van der Waals surface area (Å²) in [5.41, 5.74) is 0.225. The van der Waals surface area contributed by atoms with Crippen LogP contribution >= 0.6 is 0 Å². The molecule has 0 saturated carbocycles. The molecule has 3 heteroatoms. The van der Waals surface area contributed by atoms with Gasteiger partial charge in [-0.15, -0.1) is 0 Å². The topological polar surface area (TPSA) is 52.5 Å². The Bertz CT molecular complexity index is 357. The average molecular weight is 221 g/mol. The molecule has 3 N–H and O–H groups in total. The van der Waals surface area contributed by atoms with Gasteiger partial charge >= 0.3 is 0 Å². The Labute approximate surface area is 96.1 Å². The highest BCUT2D eigenvalue weighted by atomic mass is 16.3. The minimum absolute atomic E-state index is 0.162. The number of aromatic hydroxyl groups is 1. The number of phenols is 1. The first-order chi connectivity index (χ1) is 7.58. The van der Waals surface area contributed by atoms with E-state index >= 15 is 0 Å². The fraction of sp³-hybridized carbons (Fsp3) is 0.538. The Kier molecular flexibility index (Phi) is 3.17. The maximum absolute atomic E-state index is 10.4. The van der Waals surface area contributed by atoms with E-state index in [0.717, 1.165) is 24.9 Å². The normalized spacial score (nSPS) is 24.2. The minimum Gasteiger partial charge on any atom is -0.508 e. The van der Waals surface area contributed by atoms with E-state index in [-0.39, 0.29) is 11.8 Å². The maximum atomic E-state index is 10.4. The van der Waals surface area contributed by atoms with Crippen molar-refractivity contribution >= 4 is 0 Å². The molecule has 0 amide bonds. The lowest BCUT2D eigenvalue weighted by Crippen LogP contribution is -2.46. The van der Waals surface area contributed by atoms with Crippen molar-refractivity contribution in [3.8, 4) is 5.75 Å². The summed E-state index contributed by atoms with van der Waals surface area (Å²) in [5, 5.41) is 23.1. The predicted octanol–water partition coefficient (Wildman–Crippen LogP) is 1.44. The van der Waals surface area contributed by atoms with Crippen molar-refractivity contribution < 1.29 is 10.2 Å². The van der Waals surface area contributed by atoms with E-state index in [1.54, 1.807) is 12.1 Å².